The molecular formula is C13H21N5O. The third-order valence-corrected chi connectivity index (χ3v) is 4.46. The lowest BCUT2D eigenvalue weighted by atomic mass is 9.83. The highest BCUT2D eigenvalue weighted by Gasteiger charge is 2.36. The van der Waals surface area contributed by atoms with Gasteiger partial charge in [0.25, 0.3) is 5.91 Å². The molecule has 0 bridgehead atoms. The second kappa shape index (κ2) is 5.19. The number of hydrogen-bond donors (Lipinski definition) is 2. The molecule has 1 aliphatic carbocycles. The number of hydrogen-bond acceptors (Lipinski definition) is 4. The van der Waals surface area contributed by atoms with Gasteiger partial charge in [-0.2, -0.15) is 4.98 Å². The summed E-state index contributed by atoms with van der Waals surface area (Å²) in [6.07, 6.45) is 8.68. The van der Waals surface area contributed by atoms with Crippen LogP contribution in [0.3, 0.4) is 0 Å². The van der Waals surface area contributed by atoms with E-state index in [9.17, 15) is 4.79 Å². The zero-order chi connectivity index (χ0) is 13.2. The van der Waals surface area contributed by atoms with E-state index in [0.717, 1.165) is 19.4 Å². The van der Waals surface area contributed by atoms with Crippen LogP contribution in [0.15, 0.2) is 0 Å². The van der Waals surface area contributed by atoms with Crippen molar-refractivity contribution in [3.63, 3.8) is 0 Å². The van der Waals surface area contributed by atoms with Crippen LogP contribution >= 0.6 is 0 Å². The number of carbonyl (C=O) groups excluding carboxylic acids is 1. The van der Waals surface area contributed by atoms with Gasteiger partial charge in [-0.25, -0.2) is 0 Å². The van der Waals surface area contributed by atoms with Crippen molar-refractivity contribution in [2.24, 2.45) is 5.92 Å². The second-order valence-electron chi connectivity index (χ2n) is 5.65. The fourth-order valence-electron chi connectivity index (χ4n) is 3.56. The van der Waals surface area contributed by atoms with Crippen LogP contribution in [-0.2, 0) is 0 Å². The molecule has 1 aliphatic heterocycles. The number of likely N-dealkylation sites (tertiary alicyclic amines) is 1. The van der Waals surface area contributed by atoms with Gasteiger partial charge >= 0.3 is 0 Å². The fraction of sp³-hybridized carbons (Fsp3) is 0.769. The lowest BCUT2D eigenvalue weighted by molar-refractivity contribution is 0.0649. The Bertz CT molecular complexity index is 452. The van der Waals surface area contributed by atoms with E-state index < -0.39 is 0 Å². The van der Waals surface area contributed by atoms with E-state index in [0.29, 0.717) is 12.0 Å². The predicted molar refractivity (Wildman–Crippen MR) is 71.4 cm³/mol. The maximum atomic E-state index is 12.4. The number of amides is 1. The van der Waals surface area contributed by atoms with Gasteiger partial charge in [0.05, 0.1) is 0 Å². The van der Waals surface area contributed by atoms with E-state index in [1.165, 1.54) is 32.1 Å². The number of nitrogens with zero attached hydrogens (tertiary/aromatic N) is 3. The molecule has 1 saturated heterocycles. The highest BCUT2D eigenvalue weighted by Crippen LogP contribution is 2.34. The minimum absolute atomic E-state index is 0.0442. The molecule has 1 aromatic heterocycles. The lowest BCUT2D eigenvalue weighted by Crippen LogP contribution is -2.41. The highest BCUT2D eigenvalue weighted by atomic mass is 16.2. The first-order valence-corrected chi connectivity index (χ1v) is 7.24. The molecule has 104 valence electrons. The van der Waals surface area contributed by atoms with Crippen LogP contribution in [0.25, 0.3) is 0 Å². The standard InChI is InChI=1S/C13H21N5O/c14-13-15-11(16-17-13)12(19)18-8-4-7-10(18)9-5-2-1-3-6-9/h9-10H,1-8H2,(H3,14,15,16,17). The monoisotopic (exact) mass is 263 g/mol. The summed E-state index contributed by atoms with van der Waals surface area (Å²) in [7, 11) is 0. The number of carbonyl (C=O) groups is 1. The molecule has 6 heteroatoms. The van der Waals surface area contributed by atoms with Crippen LogP contribution in [0.4, 0.5) is 5.95 Å². The van der Waals surface area contributed by atoms with E-state index >= 15 is 0 Å². The van der Waals surface area contributed by atoms with Crippen LogP contribution in [0, 0.1) is 5.92 Å². The molecule has 1 amide bonds. The first kappa shape index (κ1) is 12.4. The normalized spacial score (nSPS) is 24.8. The Morgan fingerprint density at radius 3 is 2.68 bits per heavy atom. The molecule has 0 aromatic carbocycles. The number of aromatic amines is 1. The fourth-order valence-corrected chi connectivity index (χ4v) is 3.56. The van der Waals surface area contributed by atoms with E-state index in [1.54, 1.807) is 0 Å². The molecular weight excluding hydrogens is 242 g/mol. The van der Waals surface area contributed by atoms with Gasteiger partial charge in [0.15, 0.2) is 0 Å². The molecule has 19 heavy (non-hydrogen) atoms. The first-order valence-electron chi connectivity index (χ1n) is 7.24. The Hall–Kier alpha value is -1.59. The Morgan fingerprint density at radius 1 is 1.21 bits per heavy atom. The number of aromatic nitrogens is 3. The smallest absolute Gasteiger partial charge is 0.291 e. The van der Waals surface area contributed by atoms with Gasteiger partial charge in [0.2, 0.25) is 11.8 Å². The summed E-state index contributed by atoms with van der Waals surface area (Å²) in [6, 6.07) is 0.388. The van der Waals surface area contributed by atoms with Gasteiger partial charge in [-0.3, -0.25) is 9.89 Å². The van der Waals surface area contributed by atoms with Gasteiger partial charge in [-0.05, 0) is 31.6 Å². The summed E-state index contributed by atoms with van der Waals surface area (Å²) in [5, 5.41) is 6.37. The summed E-state index contributed by atoms with van der Waals surface area (Å²) < 4.78 is 0. The largest absolute Gasteiger partial charge is 0.366 e. The van der Waals surface area contributed by atoms with Crippen LogP contribution in [0.5, 0.6) is 0 Å². The van der Waals surface area contributed by atoms with Crippen molar-refractivity contribution >= 4 is 11.9 Å². The third kappa shape index (κ3) is 2.43. The SMILES string of the molecule is Nc1n[nH]c(C(=O)N2CCCC2C2CCCCC2)n1. The second-order valence-corrected chi connectivity index (χ2v) is 5.65. The Kier molecular flexibility index (Phi) is 3.40. The van der Waals surface area contributed by atoms with Crippen molar-refractivity contribution in [1.29, 1.82) is 0 Å². The molecule has 0 spiro atoms. The number of H-pyrrole nitrogens is 1. The van der Waals surface area contributed by atoms with E-state index in [-0.39, 0.29) is 17.7 Å². The molecule has 3 N–H and O–H groups in total. The number of rotatable bonds is 2. The molecule has 6 nitrogen and oxygen atoms in total. The van der Waals surface area contributed by atoms with Crippen LogP contribution in [0.1, 0.15) is 55.6 Å². The summed E-state index contributed by atoms with van der Waals surface area (Å²) in [5.41, 5.74) is 5.47. The zero-order valence-electron chi connectivity index (χ0n) is 11.1. The van der Waals surface area contributed by atoms with Crippen LogP contribution < -0.4 is 5.73 Å². The molecule has 1 unspecified atom stereocenters. The lowest BCUT2D eigenvalue weighted by Gasteiger charge is -2.33. The minimum Gasteiger partial charge on any atom is -0.366 e. The Labute approximate surface area is 112 Å². The van der Waals surface area contributed by atoms with Gasteiger partial charge in [-0.1, -0.05) is 19.3 Å². The average Bonchev–Trinajstić information content (AvgIpc) is 3.07. The average molecular weight is 263 g/mol. The van der Waals surface area contributed by atoms with Gasteiger partial charge < -0.3 is 10.6 Å². The summed E-state index contributed by atoms with van der Waals surface area (Å²) >= 11 is 0. The van der Waals surface area contributed by atoms with Crippen molar-refractivity contribution in [3.05, 3.63) is 5.82 Å². The van der Waals surface area contributed by atoms with Crippen LogP contribution in [0.2, 0.25) is 0 Å². The number of nitrogens with one attached hydrogen (secondary N) is 1. The van der Waals surface area contributed by atoms with Gasteiger partial charge in [0.1, 0.15) is 0 Å². The van der Waals surface area contributed by atoms with Crippen molar-refractivity contribution in [1.82, 2.24) is 20.1 Å². The molecule has 3 rings (SSSR count). The van der Waals surface area contributed by atoms with Crippen molar-refractivity contribution < 1.29 is 4.79 Å². The van der Waals surface area contributed by atoms with E-state index in [4.69, 9.17) is 5.73 Å². The summed E-state index contributed by atoms with van der Waals surface area (Å²) in [6.45, 7) is 0.834. The molecule has 0 radical (unpaired) electrons. The molecule has 1 aromatic rings. The predicted octanol–water partition coefficient (Wildman–Crippen LogP) is 1.57. The Morgan fingerprint density at radius 2 is 2.00 bits per heavy atom. The number of nitrogens with two attached hydrogens (primary N) is 1. The first-order chi connectivity index (χ1) is 9.25. The van der Waals surface area contributed by atoms with Crippen LogP contribution in [-0.4, -0.2) is 38.6 Å². The number of anilines is 1. The van der Waals surface area contributed by atoms with Gasteiger partial charge in [-0.15, -0.1) is 5.10 Å². The van der Waals surface area contributed by atoms with E-state index in [2.05, 4.69) is 15.2 Å². The zero-order valence-corrected chi connectivity index (χ0v) is 11.1. The summed E-state index contributed by atoms with van der Waals surface area (Å²) in [5.74, 6) is 1.04. The Balaban J connectivity index is 1.73. The third-order valence-electron chi connectivity index (χ3n) is 4.46. The molecule has 1 atom stereocenters. The maximum absolute atomic E-state index is 12.4. The van der Waals surface area contributed by atoms with E-state index in [1.807, 2.05) is 4.90 Å². The quantitative estimate of drug-likeness (QED) is 0.847. The molecule has 1 saturated carbocycles. The molecule has 2 aliphatic rings. The van der Waals surface area contributed by atoms with Crippen molar-refractivity contribution in [2.45, 2.75) is 51.0 Å². The summed E-state index contributed by atoms with van der Waals surface area (Å²) in [4.78, 5) is 18.4. The molecule has 2 heterocycles. The van der Waals surface area contributed by atoms with Crippen molar-refractivity contribution in [3.8, 4) is 0 Å². The highest BCUT2D eigenvalue weighted by molar-refractivity contribution is 5.91. The topological polar surface area (TPSA) is 87.9 Å². The molecule has 2 fully saturated rings. The van der Waals surface area contributed by atoms with Crippen molar-refractivity contribution in [2.75, 3.05) is 12.3 Å². The van der Waals surface area contributed by atoms with Gasteiger partial charge in [0, 0.05) is 12.6 Å². The number of nitrogen functional groups attached to an aromatic ring is 1. The maximum Gasteiger partial charge on any atom is 0.291 e. The minimum atomic E-state index is -0.0442.